The lowest BCUT2D eigenvalue weighted by Gasteiger charge is -1.97. The van der Waals surface area contributed by atoms with Crippen molar-refractivity contribution in [2.75, 3.05) is 0 Å². The molecule has 0 fully saturated rings. The van der Waals surface area contributed by atoms with E-state index in [4.69, 9.17) is 5.26 Å². The highest BCUT2D eigenvalue weighted by atomic mass is 16.6. The molecule has 1 aromatic heterocycles. The third-order valence-corrected chi connectivity index (χ3v) is 2.20. The number of rotatable bonds is 1. The maximum Gasteiger partial charge on any atom is 0.271 e. The predicted octanol–water partition coefficient (Wildman–Crippen LogP) is 1.31. The molecule has 0 atom stereocenters. The highest BCUT2D eigenvalue weighted by molar-refractivity contribution is 5.81. The number of non-ortho nitro benzene ring substituents is 1. The summed E-state index contributed by atoms with van der Waals surface area (Å²) in [5.41, 5.74) is -0.196. The van der Waals surface area contributed by atoms with Crippen LogP contribution in [0.2, 0.25) is 0 Å². The summed E-state index contributed by atoms with van der Waals surface area (Å²) < 4.78 is 0. The van der Waals surface area contributed by atoms with Crippen LogP contribution in [-0.2, 0) is 0 Å². The number of nitriles is 1. The van der Waals surface area contributed by atoms with Gasteiger partial charge in [-0.05, 0) is 6.07 Å². The van der Waals surface area contributed by atoms with Gasteiger partial charge in [-0.3, -0.25) is 14.9 Å². The molecule has 6 nitrogen and oxygen atoms in total. The summed E-state index contributed by atoms with van der Waals surface area (Å²) in [6, 6.07) is 5.58. The maximum absolute atomic E-state index is 11.6. The fourth-order valence-corrected chi connectivity index (χ4v) is 1.41. The third-order valence-electron chi connectivity index (χ3n) is 2.20. The lowest BCUT2D eigenvalue weighted by atomic mass is 10.1. The number of benzene rings is 1. The van der Waals surface area contributed by atoms with Gasteiger partial charge in [-0.15, -0.1) is 0 Å². The van der Waals surface area contributed by atoms with E-state index < -0.39 is 10.4 Å². The minimum Gasteiger partial charge on any atom is -0.360 e. The predicted molar refractivity (Wildman–Crippen MR) is 55.9 cm³/mol. The Bertz CT molecular complexity index is 682. The summed E-state index contributed by atoms with van der Waals surface area (Å²) >= 11 is 0. The molecule has 0 amide bonds. The first-order valence-corrected chi connectivity index (χ1v) is 4.33. The van der Waals surface area contributed by atoms with Crippen molar-refractivity contribution in [3.63, 3.8) is 0 Å². The Balaban J connectivity index is 2.81. The van der Waals surface area contributed by atoms with Crippen molar-refractivity contribution >= 4 is 16.6 Å². The van der Waals surface area contributed by atoms with Crippen molar-refractivity contribution in [2.24, 2.45) is 0 Å². The van der Waals surface area contributed by atoms with Gasteiger partial charge in [0.05, 0.1) is 10.4 Å². The average Bonchev–Trinajstić information content (AvgIpc) is 2.29. The Kier molecular flexibility index (Phi) is 2.14. The van der Waals surface area contributed by atoms with Gasteiger partial charge in [0.2, 0.25) is 5.43 Å². The van der Waals surface area contributed by atoms with Crippen LogP contribution in [0.25, 0.3) is 10.9 Å². The van der Waals surface area contributed by atoms with Gasteiger partial charge in [-0.2, -0.15) is 5.26 Å². The standard InChI is InChI=1S/C10H5N3O3/c11-4-6-5-12-9-3-7(13(15)16)1-2-8(9)10(6)14/h1-3,5H,(H,12,14). The topological polar surface area (TPSA) is 99.8 Å². The first-order valence-electron chi connectivity index (χ1n) is 4.33. The molecule has 0 aliphatic heterocycles. The minimum absolute atomic E-state index is 0.0126. The summed E-state index contributed by atoms with van der Waals surface area (Å²) in [5.74, 6) is 0. The molecule has 0 unspecified atom stereocenters. The molecule has 0 aliphatic rings. The number of fused-ring (bicyclic) bond motifs is 1. The van der Waals surface area contributed by atoms with Crippen molar-refractivity contribution in [1.82, 2.24) is 4.98 Å². The smallest absolute Gasteiger partial charge is 0.271 e. The number of pyridine rings is 1. The number of hydrogen-bond donors (Lipinski definition) is 1. The van der Waals surface area contributed by atoms with E-state index in [0.29, 0.717) is 5.52 Å². The van der Waals surface area contributed by atoms with Crippen LogP contribution in [-0.4, -0.2) is 9.91 Å². The monoisotopic (exact) mass is 215 g/mol. The summed E-state index contributed by atoms with van der Waals surface area (Å²) in [7, 11) is 0. The molecule has 16 heavy (non-hydrogen) atoms. The molecule has 0 radical (unpaired) electrons. The fraction of sp³-hybridized carbons (Fsp3) is 0. The SMILES string of the molecule is N#Cc1c[nH]c2cc([N+](=O)[O-])ccc2c1=O. The molecule has 1 aromatic carbocycles. The van der Waals surface area contributed by atoms with Crippen LogP contribution < -0.4 is 5.43 Å². The number of nitro groups is 1. The molecule has 0 bridgehead atoms. The molecule has 1 heterocycles. The van der Waals surface area contributed by atoms with Gasteiger partial charge in [0, 0.05) is 23.7 Å². The summed E-state index contributed by atoms with van der Waals surface area (Å²) in [6.45, 7) is 0. The van der Waals surface area contributed by atoms with Gasteiger partial charge in [0.25, 0.3) is 5.69 Å². The van der Waals surface area contributed by atoms with Crippen LogP contribution in [0.3, 0.4) is 0 Å². The Morgan fingerprint density at radius 2 is 2.19 bits per heavy atom. The van der Waals surface area contributed by atoms with Crippen molar-refractivity contribution < 1.29 is 4.92 Å². The zero-order chi connectivity index (χ0) is 11.7. The average molecular weight is 215 g/mol. The Morgan fingerprint density at radius 3 is 2.81 bits per heavy atom. The van der Waals surface area contributed by atoms with Crippen molar-refractivity contribution in [3.05, 3.63) is 50.3 Å². The highest BCUT2D eigenvalue weighted by Crippen LogP contribution is 2.16. The number of nitro benzene ring substituents is 1. The van der Waals surface area contributed by atoms with E-state index in [-0.39, 0.29) is 16.6 Å². The van der Waals surface area contributed by atoms with E-state index in [1.54, 1.807) is 6.07 Å². The zero-order valence-electron chi connectivity index (χ0n) is 7.93. The number of aromatic amines is 1. The quantitative estimate of drug-likeness (QED) is 0.572. The molecule has 78 valence electrons. The lowest BCUT2D eigenvalue weighted by molar-refractivity contribution is -0.384. The summed E-state index contributed by atoms with van der Waals surface area (Å²) in [5, 5.41) is 19.4. The zero-order valence-corrected chi connectivity index (χ0v) is 7.93. The van der Waals surface area contributed by atoms with Gasteiger partial charge < -0.3 is 4.98 Å². The minimum atomic E-state index is -0.546. The van der Waals surface area contributed by atoms with Crippen molar-refractivity contribution in [1.29, 1.82) is 5.26 Å². The van der Waals surface area contributed by atoms with E-state index in [1.165, 1.54) is 24.4 Å². The molecule has 0 saturated heterocycles. The van der Waals surface area contributed by atoms with Crippen molar-refractivity contribution in [2.45, 2.75) is 0 Å². The van der Waals surface area contributed by atoms with Crippen LogP contribution in [0.15, 0.2) is 29.2 Å². The molecule has 2 rings (SSSR count). The Labute approximate surface area is 88.9 Å². The van der Waals surface area contributed by atoms with E-state index in [0.717, 1.165) is 0 Å². The van der Waals surface area contributed by atoms with Gasteiger partial charge in [-0.25, -0.2) is 0 Å². The molecule has 2 aromatic rings. The van der Waals surface area contributed by atoms with Gasteiger partial charge >= 0.3 is 0 Å². The molecule has 1 N–H and O–H groups in total. The van der Waals surface area contributed by atoms with E-state index >= 15 is 0 Å². The van der Waals surface area contributed by atoms with Crippen LogP contribution in [0.5, 0.6) is 0 Å². The van der Waals surface area contributed by atoms with Crippen LogP contribution in [0, 0.1) is 21.4 Å². The largest absolute Gasteiger partial charge is 0.360 e. The Hall–Kier alpha value is -2.68. The first kappa shape index (κ1) is 9.86. The molecule has 0 aliphatic carbocycles. The number of nitrogens with one attached hydrogen (secondary N) is 1. The lowest BCUT2D eigenvalue weighted by Crippen LogP contribution is -2.07. The number of nitrogens with zero attached hydrogens (tertiary/aromatic N) is 2. The second kappa shape index (κ2) is 3.47. The van der Waals surface area contributed by atoms with Crippen LogP contribution in [0.4, 0.5) is 5.69 Å². The highest BCUT2D eigenvalue weighted by Gasteiger charge is 2.09. The molecular weight excluding hydrogens is 210 g/mol. The fourth-order valence-electron chi connectivity index (χ4n) is 1.41. The Morgan fingerprint density at radius 1 is 1.44 bits per heavy atom. The molecule has 6 heteroatoms. The van der Waals surface area contributed by atoms with Crippen LogP contribution >= 0.6 is 0 Å². The van der Waals surface area contributed by atoms with Crippen LogP contribution in [0.1, 0.15) is 5.56 Å². The third kappa shape index (κ3) is 1.40. The molecule has 0 spiro atoms. The number of H-pyrrole nitrogens is 1. The van der Waals surface area contributed by atoms with E-state index in [2.05, 4.69) is 4.98 Å². The van der Waals surface area contributed by atoms with E-state index in [9.17, 15) is 14.9 Å². The van der Waals surface area contributed by atoms with Gasteiger partial charge in [0.1, 0.15) is 11.6 Å². The van der Waals surface area contributed by atoms with Crippen molar-refractivity contribution in [3.8, 4) is 6.07 Å². The molecular formula is C10H5N3O3. The normalized spacial score (nSPS) is 9.94. The second-order valence-electron chi connectivity index (χ2n) is 3.13. The first-order chi connectivity index (χ1) is 7.63. The summed E-state index contributed by atoms with van der Waals surface area (Å²) in [6.07, 6.45) is 1.24. The van der Waals surface area contributed by atoms with Gasteiger partial charge in [-0.1, -0.05) is 0 Å². The van der Waals surface area contributed by atoms with E-state index in [1.807, 2.05) is 0 Å². The number of hydrogen-bond acceptors (Lipinski definition) is 4. The number of aromatic nitrogens is 1. The maximum atomic E-state index is 11.6. The van der Waals surface area contributed by atoms with Gasteiger partial charge in [0.15, 0.2) is 0 Å². The summed E-state index contributed by atoms with van der Waals surface area (Å²) in [4.78, 5) is 24.3. The second-order valence-corrected chi connectivity index (χ2v) is 3.13. The molecule has 0 saturated carbocycles.